The molecule has 1 saturated heterocycles. The summed E-state index contributed by atoms with van der Waals surface area (Å²) in [4.78, 5) is 38.7. The number of benzene rings is 1. The van der Waals surface area contributed by atoms with Crippen LogP contribution in [0, 0.1) is 0 Å². The second-order valence-electron chi connectivity index (χ2n) is 8.87. The number of rotatable bonds is 7. The topological polar surface area (TPSA) is 110 Å². The lowest BCUT2D eigenvalue weighted by atomic mass is 10.0. The molecule has 1 fully saturated rings. The summed E-state index contributed by atoms with van der Waals surface area (Å²) in [6.07, 6.45) is 3.63. The first-order chi connectivity index (χ1) is 15.7. The number of carbonyl (C=O) groups is 3. The van der Waals surface area contributed by atoms with E-state index in [-0.39, 0.29) is 30.2 Å². The molecule has 0 aliphatic carbocycles. The molecule has 0 spiro atoms. The van der Waals surface area contributed by atoms with Gasteiger partial charge in [-0.3, -0.25) is 9.59 Å². The van der Waals surface area contributed by atoms with Gasteiger partial charge in [0.1, 0.15) is 11.4 Å². The van der Waals surface area contributed by atoms with Crippen molar-refractivity contribution >= 4 is 23.6 Å². The third-order valence-corrected chi connectivity index (χ3v) is 5.03. The molecule has 2 aromatic rings. The maximum Gasteiger partial charge on any atom is 0.407 e. The van der Waals surface area contributed by atoms with Crippen LogP contribution < -0.4 is 15.4 Å². The summed E-state index contributed by atoms with van der Waals surface area (Å²) in [7, 11) is 0. The zero-order chi connectivity index (χ0) is 23.8. The minimum Gasteiger partial charge on any atom is -0.484 e. The molecular weight excluding hydrogens is 426 g/mol. The molecule has 2 N–H and O–H groups in total. The lowest BCUT2D eigenvalue weighted by Crippen LogP contribution is -2.51. The highest BCUT2D eigenvalue weighted by atomic mass is 16.6. The van der Waals surface area contributed by atoms with Gasteiger partial charge in [-0.1, -0.05) is 6.07 Å². The van der Waals surface area contributed by atoms with Crippen molar-refractivity contribution in [2.75, 3.05) is 25.0 Å². The number of nitrogens with zero attached hydrogens (tertiary/aromatic N) is 1. The number of likely N-dealkylation sites (tertiary alicyclic amines) is 1. The van der Waals surface area contributed by atoms with Gasteiger partial charge >= 0.3 is 6.09 Å². The average molecular weight is 458 g/mol. The Labute approximate surface area is 193 Å². The fraction of sp³-hybridized carbons (Fsp3) is 0.458. The van der Waals surface area contributed by atoms with Crippen LogP contribution in [0.3, 0.4) is 0 Å². The Morgan fingerprint density at radius 1 is 1.15 bits per heavy atom. The van der Waals surface area contributed by atoms with E-state index in [2.05, 4.69) is 10.6 Å². The number of alkyl carbamates (subject to hydrolysis) is 1. The van der Waals surface area contributed by atoms with Crippen LogP contribution in [0.5, 0.6) is 5.75 Å². The van der Waals surface area contributed by atoms with Gasteiger partial charge in [-0.15, -0.1) is 0 Å². The summed E-state index contributed by atoms with van der Waals surface area (Å²) in [5, 5.41) is 5.49. The number of amides is 3. The minimum atomic E-state index is -0.577. The predicted molar refractivity (Wildman–Crippen MR) is 122 cm³/mol. The zero-order valence-electron chi connectivity index (χ0n) is 19.3. The maximum atomic E-state index is 12.8. The molecule has 0 saturated carbocycles. The molecule has 1 aromatic carbocycles. The third kappa shape index (κ3) is 7.55. The minimum absolute atomic E-state index is 0.110. The normalized spacial score (nSPS) is 16.1. The van der Waals surface area contributed by atoms with Crippen LogP contribution in [0.15, 0.2) is 47.1 Å². The number of nitrogens with one attached hydrogen (secondary N) is 2. The summed E-state index contributed by atoms with van der Waals surface area (Å²) in [6, 6.07) is 9.91. The van der Waals surface area contributed by atoms with Gasteiger partial charge < -0.3 is 29.4 Å². The summed E-state index contributed by atoms with van der Waals surface area (Å²) < 4.78 is 16.1. The van der Waals surface area contributed by atoms with E-state index >= 15 is 0 Å². The number of furan rings is 1. The van der Waals surface area contributed by atoms with E-state index in [1.807, 2.05) is 0 Å². The number of hydrogen-bond acceptors (Lipinski definition) is 6. The fourth-order valence-corrected chi connectivity index (χ4v) is 3.55. The van der Waals surface area contributed by atoms with Crippen molar-refractivity contribution in [3.63, 3.8) is 0 Å². The SMILES string of the molecule is CC(C)(C)OC(=O)NCC1CCCCN1C(=O)COc1cccc(NC(=O)c2ccco2)c1. The van der Waals surface area contributed by atoms with Gasteiger partial charge in [0.2, 0.25) is 0 Å². The highest BCUT2D eigenvalue weighted by molar-refractivity contribution is 6.02. The Balaban J connectivity index is 1.52. The largest absolute Gasteiger partial charge is 0.484 e. The lowest BCUT2D eigenvalue weighted by molar-refractivity contribution is -0.137. The van der Waals surface area contributed by atoms with Crippen molar-refractivity contribution in [1.82, 2.24) is 10.2 Å². The van der Waals surface area contributed by atoms with Gasteiger partial charge in [0, 0.05) is 30.9 Å². The van der Waals surface area contributed by atoms with Crippen molar-refractivity contribution < 1.29 is 28.3 Å². The van der Waals surface area contributed by atoms with Gasteiger partial charge in [-0.2, -0.15) is 0 Å². The van der Waals surface area contributed by atoms with Gasteiger partial charge in [-0.25, -0.2) is 4.79 Å². The quantitative estimate of drug-likeness (QED) is 0.654. The van der Waals surface area contributed by atoms with Crippen LogP contribution in [0.4, 0.5) is 10.5 Å². The molecule has 3 amide bonds. The number of piperidine rings is 1. The smallest absolute Gasteiger partial charge is 0.407 e. The van der Waals surface area contributed by atoms with E-state index in [0.29, 0.717) is 24.5 Å². The van der Waals surface area contributed by atoms with E-state index in [1.165, 1.54) is 6.26 Å². The molecule has 1 atom stereocenters. The first kappa shape index (κ1) is 24.2. The van der Waals surface area contributed by atoms with Crippen molar-refractivity contribution in [2.24, 2.45) is 0 Å². The van der Waals surface area contributed by atoms with E-state index in [4.69, 9.17) is 13.9 Å². The summed E-state index contributed by atoms with van der Waals surface area (Å²) in [6.45, 7) is 6.21. The molecule has 1 aromatic heterocycles. The lowest BCUT2D eigenvalue weighted by Gasteiger charge is -2.36. The van der Waals surface area contributed by atoms with Crippen LogP contribution in [0.25, 0.3) is 0 Å². The molecule has 9 heteroatoms. The molecule has 0 radical (unpaired) electrons. The molecule has 1 aliphatic rings. The number of anilines is 1. The van der Waals surface area contributed by atoms with Crippen molar-refractivity contribution in [3.8, 4) is 5.75 Å². The number of carbonyl (C=O) groups excluding carboxylic acids is 3. The van der Waals surface area contributed by atoms with E-state index in [0.717, 1.165) is 19.3 Å². The molecule has 3 rings (SSSR count). The van der Waals surface area contributed by atoms with E-state index in [1.54, 1.807) is 62.1 Å². The van der Waals surface area contributed by atoms with Crippen LogP contribution in [-0.4, -0.2) is 54.1 Å². The second kappa shape index (κ2) is 10.9. The molecule has 0 bridgehead atoms. The monoisotopic (exact) mass is 457 g/mol. The van der Waals surface area contributed by atoms with Gasteiger partial charge in [0.25, 0.3) is 11.8 Å². The third-order valence-electron chi connectivity index (χ3n) is 5.03. The molecule has 9 nitrogen and oxygen atoms in total. The van der Waals surface area contributed by atoms with Crippen molar-refractivity contribution in [2.45, 2.75) is 51.7 Å². The first-order valence-electron chi connectivity index (χ1n) is 11.1. The number of ether oxygens (including phenoxy) is 2. The van der Waals surface area contributed by atoms with Crippen molar-refractivity contribution in [3.05, 3.63) is 48.4 Å². The maximum absolute atomic E-state index is 12.8. The van der Waals surface area contributed by atoms with Crippen molar-refractivity contribution in [1.29, 1.82) is 0 Å². The standard InChI is InChI=1S/C24H31N3O6/c1-24(2,3)33-23(30)25-15-18-9-4-5-12-27(18)21(28)16-32-19-10-6-8-17(14-19)26-22(29)20-11-7-13-31-20/h6-8,10-11,13-14,18H,4-5,9,12,15-16H2,1-3H3,(H,25,30)(H,26,29). The highest BCUT2D eigenvalue weighted by Gasteiger charge is 2.28. The van der Waals surface area contributed by atoms with E-state index in [9.17, 15) is 14.4 Å². The molecule has 1 aliphatic heterocycles. The molecule has 33 heavy (non-hydrogen) atoms. The Morgan fingerprint density at radius 3 is 2.70 bits per heavy atom. The van der Waals surface area contributed by atoms with Crippen LogP contribution in [0.1, 0.15) is 50.6 Å². The summed E-state index contributed by atoms with van der Waals surface area (Å²) >= 11 is 0. The first-order valence-corrected chi connectivity index (χ1v) is 11.1. The van der Waals surface area contributed by atoms with Crippen LogP contribution in [0.2, 0.25) is 0 Å². The highest BCUT2D eigenvalue weighted by Crippen LogP contribution is 2.20. The molecule has 178 valence electrons. The van der Waals surface area contributed by atoms with Crippen LogP contribution in [-0.2, 0) is 9.53 Å². The Morgan fingerprint density at radius 2 is 1.97 bits per heavy atom. The summed E-state index contributed by atoms with van der Waals surface area (Å²) in [5.74, 6) is 0.131. The van der Waals surface area contributed by atoms with Gasteiger partial charge in [0.15, 0.2) is 12.4 Å². The number of hydrogen-bond donors (Lipinski definition) is 2. The van der Waals surface area contributed by atoms with E-state index < -0.39 is 11.7 Å². The fourth-order valence-electron chi connectivity index (χ4n) is 3.55. The predicted octanol–water partition coefficient (Wildman–Crippen LogP) is 3.82. The molecule has 1 unspecified atom stereocenters. The van der Waals surface area contributed by atoms with Crippen LogP contribution >= 0.6 is 0 Å². The zero-order valence-corrected chi connectivity index (χ0v) is 19.3. The second-order valence-corrected chi connectivity index (χ2v) is 8.87. The Bertz CT molecular complexity index is 951. The Hall–Kier alpha value is -3.49. The van der Waals surface area contributed by atoms with Gasteiger partial charge in [-0.05, 0) is 64.3 Å². The summed E-state index contributed by atoms with van der Waals surface area (Å²) in [5.41, 5.74) is -0.0508. The molecule has 2 heterocycles. The Kier molecular flexibility index (Phi) is 7.97. The molecular formula is C24H31N3O6. The average Bonchev–Trinajstić information content (AvgIpc) is 3.31. The van der Waals surface area contributed by atoms with Gasteiger partial charge in [0.05, 0.1) is 6.26 Å².